The second kappa shape index (κ2) is 8.49. The van der Waals surface area contributed by atoms with Gasteiger partial charge in [-0.25, -0.2) is 9.97 Å². The van der Waals surface area contributed by atoms with Crippen LogP contribution in [0.5, 0.6) is 0 Å². The van der Waals surface area contributed by atoms with E-state index in [4.69, 9.17) is 27.9 Å². The number of hydrogen-bond donors (Lipinski definition) is 1. The van der Waals surface area contributed by atoms with Crippen LogP contribution < -0.4 is 5.32 Å². The molecule has 3 unspecified atom stereocenters. The Morgan fingerprint density at radius 3 is 2.66 bits per heavy atom. The zero-order chi connectivity index (χ0) is 24.5. The summed E-state index contributed by atoms with van der Waals surface area (Å²) < 4.78 is 6.79. The molecule has 2 aliphatic heterocycles. The third kappa shape index (κ3) is 3.86. The van der Waals surface area contributed by atoms with E-state index in [1.54, 1.807) is 6.07 Å². The van der Waals surface area contributed by atoms with Crippen molar-refractivity contribution in [3.05, 3.63) is 45.0 Å². The number of likely N-dealkylation sites (tertiary alicyclic amines) is 1. The number of imide groups is 1. The van der Waals surface area contributed by atoms with Crippen molar-refractivity contribution in [1.29, 1.82) is 0 Å². The molecule has 1 aromatic carbocycles. The zero-order valence-electron chi connectivity index (χ0n) is 19.3. The maximum atomic E-state index is 12.8. The lowest BCUT2D eigenvalue weighted by Gasteiger charge is -2.25. The number of benzene rings is 1. The fourth-order valence-corrected chi connectivity index (χ4v) is 7.16. The number of morpholine rings is 1. The maximum Gasteiger partial charge on any atom is 0.234 e. The zero-order valence-corrected chi connectivity index (χ0v) is 21.6. The van der Waals surface area contributed by atoms with E-state index < -0.39 is 0 Å². The Morgan fingerprint density at radius 1 is 1.17 bits per heavy atom. The lowest BCUT2D eigenvalue weighted by molar-refractivity contribution is -0.143. The van der Waals surface area contributed by atoms with Gasteiger partial charge in [0.15, 0.2) is 0 Å². The molecular weight excluding hydrogens is 507 g/mol. The molecule has 0 radical (unpaired) electrons. The van der Waals surface area contributed by atoms with Gasteiger partial charge in [-0.1, -0.05) is 37.0 Å². The Kier molecular flexibility index (Phi) is 5.65. The molecule has 2 amide bonds. The summed E-state index contributed by atoms with van der Waals surface area (Å²) in [7, 11) is 0. The summed E-state index contributed by atoms with van der Waals surface area (Å²) in [6.07, 6.45) is 2.15. The predicted octanol–water partition coefficient (Wildman–Crippen LogP) is 4.34. The van der Waals surface area contributed by atoms with Crippen LogP contribution in [-0.4, -0.2) is 52.5 Å². The topological polar surface area (TPSA) is 84.4 Å². The lowest BCUT2D eigenvalue weighted by atomic mass is 9.98. The van der Waals surface area contributed by atoms with Gasteiger partial charge in [0, 0.05) is 40.0 Å². The third-order valence-electron chi connectivity index (χ3n) is 7.42. The Labute approximate surface area is 216 Å². The van der Waals surface area contributed by atoms with Gasteiger partial charge in [-0.15, -0.1) is 11.3 Å². The second-order valence-electron chi connectivity index (χ2n) is 10.0. The van der Waals surface area contributed by atoms with Crippen molar-refractivity contribution in [3.63, 3.8) is 0 Å². The molecule has 7 nitrogen and oxygen atoms in total. The van der Waals surface area contributed by atoms with E-state index in [1.165, 1.54) is 22.6 Å². The predicted molar refractivity (Wildman–Crippen MR) is 136 cm³/mol. The van der Waals surface area contributed by atoms with Crippen LogP contribution in [-0.2, 0) is 27.3 Å². The standard InChI is InChI=1S/C25H24Cl2N4O3S/c1-25(2)19-20(25)24(33)31(23(19)32)10-14-8-18-22(35-14)21(30-11-29-18)16-5-12(26)6-17(27)15(16)7-13-9-28-3-4-34-13/h5-6,8,11,13,19-20,28H,3-4,7,9-10H2,1-2H3. The van der Waals surface area contributed by atoms with E-state index >= 15 is 0 Å². The highest BCUT2D eigenvalue weighted by atomic mass is 35.5. The highest BCUT2D eigenvalue weighted by molar-refractivity contribution is 7.19. The van der Waals surface area contributed by atoms with Gasteiger partial charge in [0.25, 0.3) is 0 Å². The number of hydrogen-bond acceptors (Lipinski definition) is 7. The minimum absolute atomic E-state index is 0.000257. The number of aromatic nitrogens is 2. The Morgan fingerprint density at radius 2 is 1.94 bits per heavy atom. The number of carbonyl (C=O) groups excluding carboxylic acids is 2. The first-order valence-electron chi connectivity index (χ1n) is 11.6. The first-order valence-corrected chi connectivity index (χ1v) is 13.2. The van der Waals surface area contributed by atoms with Crippen LogP contribution in [0.1, 0.15) is 24.3 Å². The molecule has 2 aromatic heterocycles. The molecule has 1 N–H and O–H groups in total. The monoisotopic (exact) mass is 530 g/mol. The summed E-state index contributed by atoms with van der Waals surface area (Å²) in [5.74, 6) is -0.516. The van der Waals surface area contributed by atoms with Gasteiger partial charge in [-0.3, -0.25) is 14.5 Å². The van der Waals surface area contributed by atoms with Crippen LogP contribution in [0.4, 0.5) is 0 Å². The summed E-state index contributed by atoms with van der Waals surface area (Å²) in [6, 6.07) is 5.55. The minimum Gasteiger partial charge on any atom is -0.375 e. The van der Waals surface area contributed by atoms with Crippen LogP contribution in [0, 0.1) is 17.3 Å². The smallest absolute Gasteiger partial charge is 0.234 e. The van der Waals surface area contributed by atoms with E-state index in [0.29, 0.717) is 23.1 Å². The third-order valence-corrected chi connectivity index (χ3v) is 9.09. The molecule has 182 valence electrons. The van der Waals surface area contributed by atoms with Gasteiger partial charge >= 0.3 is 0 Å². The molecule has 0 bridgehead atoms. The van der Waals surface area contributed by atoms with E-state index in [2.05, 4.69) is 15.3 Å². The molecule has 2 saturated heterocycles. The molecule has 3 fully saturated rings. The number of halogens is 2. The number of fused-ring (bicyclic) bond motifs is 2. The molecular formula is C25H24Cl2N4O3S. The van der Waals surface area contributed by atoms with Crippen molar-refractivity contribution < 1.29 is 14.3 Å². The quantitative estimate of drug-likeness (QED) is 0.494. The largest absolute Gasteiger partial charge is 0.375 e. The second-order valence-corrected chi connectivity index (χ2v) is 12.0. The van der Waals surface area contributed by atoms with Gasteiger partial charge in [-0.05, 0) is 29.2 Å². The van der Waals surface area contributed by atoms with E-state index in [0.717, 1.165) is 45.0 Å². The van der Waals surface area contributed by atoms with Gasteiger partial charge < -0.3 is 10.1 Å². The summed E-state index contributed by atoms with van der Waals surface area (Å²) in [5, 5.41) is 4.45. The molecule has 10 heteroatoms. The Hall–Kier alpha value is -2.10. The van der Waals surface area contributed by atoms with Crippen LogP contribution in [0.3, 0.4) is 0 Å². The summed E-state index contributed by atoms with van der Waals surface area (Å²) >= 11 is 14.6. The van der Waals surface area contributed by atoms with E-state index in [1.807, 2.05) is 26.0 Å². The highest BCUT2D eigenvalue weighted by Gasteiger charge is 2.72. The number of rotatable bonds is 5. The summed E-state index contributed by atoms with van der Waals surface area (Å²) in [5.41, 5.74) is 3.04. The number of nitrogens with one attached hydrogen (secondary N) is 1. The summed E-state index contributed by atoms with van der Waals surface area (Å²) in [6.45, 7) is 6.47. The number of carbonyl (C=O) groups is 2. The first-order chi connectivity index (χ1) is 16.8. The molecule has 4 heterocycles. The number of nitrogens with zero attached hydrogens (tertiary/aromatic N) is 3. The van der Waals surface area contributed by atoms with Crippen molar-refractivity contribution in [1.82, 2.24) is 20.2 Å². The van der Waals surface area contributed by atoms with Crippen molar-refractivity contribution in [3.8, 4) is 11.3 Å². The fourth-order valence-electron chi connectivity index (χ4n) is 5.49. The number of ether oxygens (including phenoxy) is 1. The van der Waals surface area contributed by atoms with Crippen molar-refractivity contribution >= 4 is 56.6 Å². The highest BCUT2D eigenvalue weighted by Crippen LogP contribution is 2.63. The normalized spacial score (nSPS) is 25.4. The minimum atomic E-state index is -0.219. The molecule has 1 saturated carbocycles. The van der Waals surface area contributed by atoms with Gasteiger partial charge in [0.2, 0.25) is 11.8 Å². The van der Waals surface area contributed by atoms with Gasteiger partial charge in [-0.2, -0.15) is 0 Å². The average Bonchev–Trinajstić information content (AvgIpc) is 3.07. The molecule has 0 spiro atoms. The Balaban J connectivity index is 1.35. The van der Waals surface area contributed by atoms with E-state index in [-0.39, 0.29) is 41.7 Å². The Bertz CT molecular complexity index is 1340. The van der Waals surface area contributed by atoms with Crippen LogP contribution in [0.2, 0.25) is 10.0 Å². The molecule has 3 atom stereocenters. The fraction of sp³-hybridized carbons (Fsp3) is 0.440. The first kappa shape index (κ1) is 23.3. The van der Waals surface area contributed by atoms with E-state index in [9.17, 15) is 9.59 Å². The van der Waals surface area contributed by atoms with Gasteiger partial charge in [0.05, 0.1) is 47.0 Å². The van der Waals surface area contributed by atoms with Crippen LogP contribution in [0.15, 0.2) is 24.5 Å². The van der Waals surface area contributed by atoms with Crippen LogP contribution in [0.25, 0.3) is 21.5 Å². The number of amides is 2. The van der Waals surface area contributed by atoms with Crippen molar-refractivity contribution in [2.24, 2.45) is 17.3 Å². The maximum absolute atomic E-state index is 12.8. The van der Waals surface area contributed by atoms with Crippen molar-refractivity contribution in [2.75, 3.05) is 19.7 Å². The van der Waals surface area contributed by atoms with Gasteiger partial charge in [0.1, 0.15) is 6.33 Å². The molecule has 3 aromatic rings. The SMILES string of the molecule is CC1(C)C2C(=O)N(Cc3cc4ncnc(-c5cc(Cl)cc(Cl)c5CC5CNCCO5)c4s3)C(=O)C21. The number of thiophene rings is 1. The summed E-state index contributed by atoms with van der Waals surface area (Å²) in [4.78, 5) is 37.0. The molecule has 35 heavy (non-hydrogen) atoms. The molecule has 3 aliphatic rings. The van der Waals surface area contributed by atoms with Crippen LogP contribution >= 0.6 is 34.5 Å². The lowest BCUT2D eigenvalue weighted by Crippen LogP contribution is -2.39. The average molecular weight is 531 g/mol. The number of piperidine rings is 1. The van der Waals surface area contributed by atoms with Crippen molar-refractivity contribution in [2.45, 2.75) is 32.9 Å². The molecule has 6 rings (SSSR count). The molecule has 1 aliphatic carbocycles.